The number of carbonyl (C=O) groups excluding carboxylic acids is 1. The molecule has 4 aromatic rings. The molecule has 4 heteroatoms. The molecule has 0 aliphatic heterocycles. The van der Waals surface area contributed by atoms with E-state index in [1.807, 2.05) is 84.9 Å². The van der Waals surface area contributed by atoms with E-state index in [2.05, 4.69) is 10.3 Å². The van der Waals surface area contributed by atoms with Crippen molar-refractivity contribution in [2.45, 2.75) is 19.3 Å². The molecule has 0 aliphatic rings. The highest BCUT2D eigenvalue weighted by Crippen LogP contribution is 2.27. The van der Waals surface area contributed by atoms with Crippen molar-refractivity contribution in [1.29, 1.82) is 0 Å². The Hall–Kier alpha value is -3.66. The number of benzene rings is 3. The normalized spacial score (nSPS) is 10.6. The topological polar surface area (TPSA) is 55.1 Å². The molecule has 1 heterocycles. The summed E-state index contributed by atoms with van der Waals surface area (Å²) in [4.78, 5) is 16.8. The first-order chi connectivity index (χ1) is 14.3. The Labute approximate surface area is 170 Å². The Morgan fingerprint density at radius 1 is 0.828 bits per heavy atom. The van der Waals surface area contributed by atoms with Gasteiger partial charge >= 0.3 is 0 Å². The van der Waals surface area contributed by atoms with E-state index in [1.165, 1.54) is 0 Å². The predicted molar refractivity (Wildman–Crippen MR) is 115 cm³/mol. The summed E-state index contributed by atoms with van der Waals surface area (Å²) in [6.45, 7) is 0. The van der Waals surface area contributed by atoms with Gasteiger partial charge in [-0.3, -0.25) is 4.79 Å². The van der Waals surface area contributed by atoms with Gasteiger partial charge in [0, 0.05) is 29.7 Å². The molecular weight excluding hydrogens is 360 g/mol. The minimum absolute atomic E-state index is 0.0109. The molecule has 144 valence electrons. The van der Waals surface area contributed by atoms with E-state index in [0.717, 1.165) is 28.1 Å². The molecule has 0 atom stereocenters. The molecule has 4 nitrogen and oxygen atoms in total. The number of aryl methyl sites for hydroxylation is 1. The number of anilines is 1. The molecule has 1 N–H and O–H groups in total. The van der Waals surface area contributed by atoms with Gasteiger partial charge in [-0.05, 0) is 18.1 Å². The van der Waals surface area contributed by atoms with Crippen molar-refractivity contribution in [2.24, 2.45) is 0 Å². The third-order valence-electron chi connectivity index (χ3n) is 4.69. The highest BCUT2D eigenvalue weighted by Gasteiger charge is 2.10. The predicted octanol–water partition coefficient (Wildman–Crippen LogP) is 5.97. The standard InChI is InChI=1S/C25H22N2O2/c28-24(27-22-15-8-7-14-21(22)19-10-3-1-4-11-19)16-9-17-25-26-18-23(29-25)20-12-5-2-6-13-20/h1-8,10-15,18H,9,16-17H2,(H,27,28). The van der Waals surface area contributed by atoms with Crippen LogP contribution in [0.2, 0.25) is 0 Å². The molecule has 1 amide bonds. The molecule has 0 fully saturated rings. The fourth-order valence-electron chi connectivity index (χ4n) is 3.24. The Balaban J connectivity index is 1.33. The summed E-state index contributed by atoms with van der Waals surface area (Å²) in [6, 6.07) is 27.8. The van der Waals surface area contributed by atoms with Crippen LogP contribution in [0.4, 0.5) is 5.69 Å². The summed E-state index contributed by atoms with van der Waals surface area (Å²) >= 11 is 0. The van der Waals surface area contributed by atoms with Crippen LogP contribution in [0.3, 0.4) is 0 Å². The van der Waals surface area contributed by atoms with Crippen molar-refractivity contribution in [1.82, 2.24) is 4.98 Å². The van der Waals surface area contributed by atoms with Crippen LogP contribution in [-0.4, -0.2) is 10.9 Å². The molecule has 4 rings (SSSR count). The number of amides is 1. The number of aromatic nitrogens is 1. The molecule has 0 bridgehead atoms. The van der Waals surface area contributed by atoms with Crippen LogP contribution < -0.4 is 5.32 Å². The van der Waals surface area contributed by atoms with Gasteiger partial charge in [-0.2, -0.15) is 0 Å². The van der Waals surface area contributed by atoms with Crippen molar-refractivity contribution >= 4 is 11.6 Å². The molecule has 0 radical (unpaired) electrons. The zero-order valence-electron chi connectivity index (χ0n) is 16.0. The fraction of sp³-hybridized carbons (Fsp3) is 0.120. The average molecular weight is 382 g/mol. The molecular formula is C25H22N2O2. The number of carbonyl (C=O) groups is 1. The van der Waals surface area contributed by atoms with Crippen LogP contribution in [0.25, 0.3) is 22.5 Å². The number of hydrogen-bond donors (Lipinski definition) is 1. The van der Waals surface area contributed by atoms with Crippen LogP contribution in [0, 0.1) is 0 Å². The summed E-state index contributed by atoms with van der Waals surface area (Å²) in [5, 5.41) is 3.04. The van der Waals surface area contributed by atoms with Gasteiger partial charge in [-0.1, -0.05) is 78.9 Å². The number of hydrogen-bond acceptors (Lipinski definition) is 3. The van der Waals surface area contributed by atoms with Crippen LogP contribution in [0.5, 0.6) is 0 Å². The molecule has 0 saturated carbocycles. The first-order valence-electron chi connectivity index (χ1n) is 9.74. The minimum atomic E-state index is -0.0109. The van der Waals surface area contributed by atoms with Crippen LogP contribution in [0.1, 0.15) is 18.7 Å². The van der Waals surface area contributed by atoms with E-state index in [-0.39, 0.29) is 5.91 Å². The Morgan fingerprint density at radius 2 is 1.48 bits per heavy atom. The van der Waals surface area contributed by atoms with Gasteiger partial charge in [-0.25, -0.2) is 4.98 Å². The van der Waals surface area contributed by atoms with E-state index in [1.54, 1.807) is 6.20 Å². The lowest BCUT2D eigenvalue weighted by Crippen LogP contribution is -2.12. The minimum Gasteiger partial charge on any atom is -0.441 e. The molecule has 0 unspecified atom stereocenters. The maximum absolute atomic E-state index is 12.5. The molecule has 29 heavy (non-hydrogen) atoms. The van der Waals surface area contributed by atoms with E-state index < -0.39 is 0 Å². The zero-order valence-corrected chi connectivity index (χ0v) is 16.0. The highest BCUT2D eigenvalue weighted by molar-refractivity contribution is 5.95. The number of rotatable bonds is 7. The van der Waals surface area contributed by atoms with Crippen molar-refractivity contribution < 1.29 is 9.21 Å². The fourth-order valence-corrected chi connectivity index (χ4v) is 3.24. The molecule has 0 aliphatic carbocycles. The van der Waals surface area contributed by atoms with E-state index in [9.17, 15) is 4.79 Å². The summed E-state index contributed by atoms with van der Waals surface area (Å²) < 4.78 is 5.80. The summed E-state index contributed by atoms with van der Waals surface area (Å²) in [5.74, 6) is 1.39. The maximum Gasteiger partial charge on any atom is 0.224 e. The summed E-state index contributed by atoms with van der Waals surface area (Å²) in [6.07, 6.45) is 3.45. The van der Waals surface area contributed by atoms with Crippen LogP contribution in [0.15, 0.2) is 95.5 Å². The largest absolute Gasteiger partial charge is 0.441 e. The first kappa shape index (κ1) is 18.7. The van der Waals surface area contributed by atoms with Gasteiger partial charge in [0.25, 0.3) is 0 Å². The smallest absolute Gasteiger partial charge is 0.224 e. The summed E-state index contributed by atoms with van der Waals surface area (Å²) in [7, 11) is 0. The second-order valence-corrected chi connectivity index (χ2v) is 6.80. The van der Waals surface area contributed by atoms with Crippen molar-refractivity contribution in [3.63, 3.8) is 0 Å². The number of nitrogens with zero attached hydrogens (tertiary/aromatic N) is 1. The third kappa shape index (κ3) is 4.79. The highest BCUT2D eigenvalue weighted by atomic mass is 16.4. The first-order valence-corrected chi connectivity index (χ1v) is 9.74. The number of oxazole rings is 1. The monoisotopic (exact) mass is 382 g/mol. The quantitative estimate of drug-likeness (QED) is 0.428. The van der Waals surface area contributed by atoms with E-state index >= 15 is 0 Å². The molecule has 0 spiro atoms. The van der Waals surface area contributed by atoms with Crippen molar-refractivity contribution in [3.8, 4) is 22.5 Å². The van der Waals surface area contributed by atoms with Crippen molar-refractivity contribution in [3.05, 3.63) is 97.0 Å². The average Bonchev–Trinajstić information content (AvgIpc) is 3.24. The Morgan fingerprint density at radius 3 is 2.24 bits per heavy atom. The lowest BCUT2D eigenvalue weighted by Gasteiger charge is -2.11. The SMILES string of the molecule is O=C(CCCc1ncc(-c2ccccc2)o1)Nc1ccccc1-c1ccccc1. The van der Waals surface area contributed by atoms with Crippen LogP contribution >= 0.6 is 0 Å². The molecule has 1 aromatic heterocycles. The number of nitrogens with one attached hydrogen (secondary N) is 1. The van der Waals surface area contributed by atoms with Crippen LogP contribution in [-0.2, 0) is 11.2 Å². The summed E-state index contributed by atoms with van der Waals surface area (Å²) in [5.41, 5.74) is 3.92. The van der Waals surface area contributed by atoms with E-state index in [4.69, 9.17) is 4.42 Å². The van der Waals surface area contributed by atoms with Crippen molar-refractivity contribution in [2.75, 3.05) is 5.32 Å². The van der Waals surface area contributed by atoms with Gasteiger partial charge in [-0.15, -0.1) is 0 Å². The van der Waals surface area contributed by atoms with E-state index in [0.29, 0.717) is 25.2 Å². The molecule has 0 saturated heterocycles. The lowest BCUT2D eigenvalue weighted by molar-refractivity contribution is -0.116. The van der Waals surface area contributed by atoms with Gasteiger partial charge in [0.1, 0.15) is 0 Å². The Bertz CT molecular complexity index is 1070. The van der Waals surface area contributed by atoms with Gasteiger partial charge in [0.2, 0.25) is 5.91 Å². The van der Waals surface area contributed by atoms with Gasteiger partial charge in [0.15, 0.2) is 11.7 Å². The third-order valence-corrected chi connectivity index (χ3v) is 4.69. The maximum atomic E-state index is 12.5. The lowest BCUT2D eigenvalue weighted by atomic mass is 10.0. The molecule has 3 aromatic carbocycles. The second-order valence-electron chi connectivity index (χ2n) is 6.80. The second kappa shape index (κ2) is 9.02. The van der Waals surface area contributed by atoms with Gasteiger partial charge < -0.3 is 9.73 Å². The zero-order chi connectivity index (χ0) is 19.9. The van der Waals surface area contributed by atoms with Gasteiger partial charge in [0.05, 0.1) is 6.20 Å². The number of para-hydroxylation sites is 1. The Kier molecular flexibility index (Phi) is 5.81.